The van der Waals surface area contributed by atoms with E-state index >= 15 is 0 Å². The Kier molecular flexibility index (Phi) is 4.54. The molecule has 4 heteroatoms. The highest BCUT2D eigenvalue weighted by Crippen LogP contribution is 2.30. The second-order valence-electron chi connectivity index (χ2n) is 4.56. The molecule has 1 aliphatic carbocycles. The lowest BCUT2D eigenvalue weighted by Crippen LogP contribution is -2.36. The Hall–Kier alpha value is -0.450. The minimum absolute atomic E-state index is 0.203. The van der Waals surface area contributed by atoms with E-state index in [1.807, 2.05) is 13.1 Å². The van der Waals surface area contributed by atoms with Crippen LogP contribution in [-0.4, -0.2) is 19.7 Å². The van der Waals surface area contributed by atoms with Gasteiger partial charge in [0, 0.05) is 10.0 Å². The van der Waals surface area contributed by atoms with Gasteiger partial charge in [0.25, 0.3) is 0 Å². The first-order chi connectivity index (χ1) is 8.19. The maximum absolute atomic E-state index is 13.5. The fourth-order valence-corrected chi connectivity index (χ4v) is 2.45. The van der Waals surface area contributed by atoms with Crippen LogP contribution < -0.4 is 5.32 Å². The molecule has 1 aromatic carbocycles. The molecule has 0 amide bonds. The number of hydrogen-bond acceptors (Lipinski definition) is 2. The summed E-state index contributed by atoms with van der Waals surface area (Å²) in [5.41, 5.74) is 0.630. The van der Waals surface area contributed by atoms with E-state index in [2.05, 4.69) is 21.2 Å². The van der Waals surface area contributed by atoms with E-state index in [-0.39, 0.29) is 5.82 Å². The normalized spacial score (nSPS) is 23.5. The summed E-state index contributed by atoms with van der Waals surface area (Å²) in [5, 5.41) is 3.16. The van der Waals surface area contributed by atoms with E-state index in [1.165, 1.54) is 6.07 Å². The number of nitrogens with one attached hydrogen (secondary N) is 1. The summed E-state index contributed by atoms with van der Waals surface area (Å²) in [6.45, 7) is 1.42. The molecule has 2 nitrogen and oxygen atoms in total. The molecular weight excluding hydrogens is 285 g/mol. The van der Waals surface area contributed by atoms with Gasteiger partial charge >= 0.3 is 0 Å². The summed E-state index contributed by atoms with van der Waals surface area (Å²) in [5.74, 6) is 0.519. The minimum Gasteiger partial charge on any atom is -0.373 e. The van der Waals surface area contributed by atoms with Crippen LogP contribution in [0.2, 0.25) is 0 Å². The lowest BCUT2D eigenvalue weighted by molar-refractivity contribution is -0.0399. The Labute approximate surface area is 110 Å². The predicted molar refractivity (Wildman–Crippen MR) is 69.3 cm³/mol. The molecule has 1 aromatic rings. The van der Waals surface area contributed by atoms with E-state index in [9.17, 15) is 4.39 Å². The Morgan fingerprint density at radius 1 is 1.47 bits per heavy atom. The van der Waals surface area contributed by atoms with Crippen molar-refractivity contribution in [3.63, 3.8) is 0 Å². The van der Waals surface area contributed by atoms with E-state index in [4.69, 9.17) is 4.74 Å². The van der Waals surface area contributed by atoms with Crippen molar-refractivity contribution in [3.8, 4) is 0 Å². The van der Waals surface area contributed by atoms with Gasteiger partial charge in [0.1, 0.15) is 5.82 Å². The molecule has 0 saturated heterocycles. The standard InChI is InChI=1S/C13H17BrFNO/c1-16-7-9-4-12(5-9)17-8-10-2-3-11(14)6-13(10)15/h2-3,6,9,12,16H,4-5,7-8H2,1H3. The van der Waals surface area contributed by atoms with Gasteiger partial charge in [-0.15, -0.1) is 0 Å². The van der Waals surface area contributed by atoms with Crippen LogP contribution in [0.25, 0.3) is 0 Å². The van der Waals surface area contributed by atoms with Crippen molar-refractivity contribution in [2.45, 2.75) is 25.6 Å². The van der Waals surface area contributed by atoms with E-state index < -0.39 is 0 Å². The molecule has 1 saturated carbocycles. The highest BCUT2D eigenvalue weighted by molar-refractivity contribution is 9.10. The van der Waals surface area contributed by atoms with Gasteiger partial charge in [-0.1, -0.05) is 22.0 Å². The molecule has 94 valence electrons. The van der Waals surface area contributed by atoms with E-state index in [0.717, 1.165) is 29.8 Å². The molecule has 1 fully saturated rings. The molecule has 0 bridgehead atoms. The maximum Gasteiger partial charge on any atom is 0.129 e. The van der Waals surface area contributed by atoms with Crippen LogP contribution in [-0.2, 0) is 11.3 Å². The third kappa shape index (κ3) is 3.50. The summed E-state index contributed by atoms with van der Waals surface area (Å²) in [7, 11) is 1.96. The molecule has 2 rings (SSSR count). The molecule has 0 unspecified atom stereocenters. The van der Waals surface area contributed by atoms with Crippen molar-refractivity contribution >= 4 is 15.9 Å². The van der Waals surface area contributed by atoms with Crippen molar-refractivity contribution in [1.82, 2.24) is 5.32 Å². The molecule has 17 heavy (non-hydrogen) atoms. The fourth-order valence-electron chi connectivity index (χ4n) is 2.11. The SMILES string of the molecule is CNCC1CC(OCc2ccc(Br)cc2F)C1. The second-order valence-corrected chi connectivity index (χ2v) is 5.48. The molecule has 0 aliphatic heterocycles. The number of ether oxygens (including phenoxy) is 1. The average molecular weight is 302 g/mol. The van der Waals surface area contributed by atoms with Crippen LogP contribution >= 0.6 is 15.9 Å². The van der Waals surface area contributed by atoms with Gasteiger partial charge in [-0.25, -0.2) is 4.39 Å². The van der Waals surface area contributed by atoms with Crippen LogP contribution in [0, 0.1) is 11.7 Å². The van der Waals surface area contributed by atoms with Crippen molar-refractivity contribution in [1.29, 1.82) is 0 Å². The Morgan fingerprint density at radius 2 is 2.24 bits per heavy atom. The van der Waals surface area contributed by atoms with Gasteiger partial charge in [-0.3, -0.25) is 0 Å². The van der Waals surface area contributed by atoms with Gasteiger partial charge in [0.05, 0.1) is 12.7 Å². The van der Waals surface area contributed by atoms with Crippen LogP contribution in [0.3, 0.4) is 0 Å². The smallest absolute Gasteiger partial charge is 0.129 e. The zero-order valence-electron chi connectivity index (χ0n) is 9.88. The highest BCUT2D eigenvalue weighted by Gasteiger charge is 2.29. The Morgan fingerprint density at radius 3 is 2.88 bits per heavy atom. The number of hydrogen-bond donors (Lipinski definition) is 1. The average Bonchev–Trinajstić information content (AvgIpc) is 2.23. The van der Waals surface area contributed by atoms with Crippen molar-refractivity contribution < 1.29 is 9.13 Å². The summed E-state index contributed by atoms with van der Waals surface area (Å²) >= 11 is 3.24. The maximum atomic E-state index is 13.5. The molecule has 1 aliphatic rings. The van der Waals surface area contributed by atoms with Crippen LogP contribution in [0.4, 0.5) is 4.39 Å². The highest BCUT2D eigenvalue weighted by atomic mass is 79.9. The lowest BCUT2D eigenvalue weighted by atomic mass is 9.82. The van der Waals surface area contributed by atoms with Crippen LogP contribution in [0.15, 0.2) is 22.7 Å². The van der Waals surface area contributed by atoms with Crippen molar-refractivity contribution in [2.24, 2.45) is 5.92 Å². The molecule has 0 radical (unpaired) electrons. The topological polar surface area (TPSA) is 21.3 Å². The van der Waals surface area contributed by atoms with E-state index in [0.29, 0.717) is 18.3 Å². The number of rotatable bonds is 5. The largest absolute Gasteiger partial charge is 0.373 e. The first-order valence-corrected chi connectivity index (χ1v) is 6.68. The summed E-state index contributed by atoms with van der Waals surface area (Å²) in [6.07, 6.45) is 2.47. The van der Waals surface area contributed by atoms with Crippen molar-refractivity contribution in [3.05, 3.63) is 34.1 Å². The first kappa shape index (κ1) is 13.0. The van der Waals surface area contributed by atoms with Gasteiger partial charge in [-0.2, -0.15) is 0 Å². The molecule has 0 heterocycles. The first-order valence-electron chi connectivity index (χ1n) is 5.89. The quantitative estimate of drug-likeness (QED) is 0.902. The Bertz CT molecular complexity index is 380. The summed E-state index contributed by atoms with van der Waals surface area (Å²) in [6, 6.07) is 5.08. The molecule has 0 spiro atoms. The molecule has 0 aromatic heterocycles. The predicted octanol–water partition coefficient (Wildman–Crippen LogP) is 3.10. The minimum atomic E-state index is -0.203. The lowest BCUT2D eigenvalue weighted by Gasteiger charge is -2.35. The second kappa shape index (κ2) is 5.94. The van der Waals surface area contributed by atoms with Crippen LogP contribution in [0.5, 0.6) is 0 Å². The third-order valence-electron chi connectivity index (χ3n) is 3.17. The zero-order chi connectivity index (χ0) is 12.3. The fraction of sp³-hybridized carbons (Fsp3) is 0.538. The zero-order valence-corrected chi connectivity index (χ0v) is 11.5. The van der Waals surface area contributed by atoms with Gasteiger partial charge in [-0.05, 0) is 44.5 Å². The molecule has 0 atom stereocenters. The van der Waals surface area contributed by atoms with Crippen molar-refractivity contribution in [2.75, 3.05) is 13.6 Å². The van der Waals surface area contributed by atoms with Gasteiger partial charge in [0.2, 0.25) is 0 Å². The monoisotopic (exact) mass is 301 g/mol. The van der Waals surface area contributed by atoms with Crippen LogP contribution in [0.1, 0.15) is 18.4 Å². The van der Waals surface area contributed by atoms with E-state index in [1.54, 1.807) is 6.07 Å². The van der Waals surface area contributed by atoms with Gasteiger partial charge in [0.15, 0.2) is 0 Å². The Balaban J connectivity index is 1.76. The molecular formula is C13H17BrFNO. The summed E-state index contributed by atoms with van der Waals surface area (Å²) in [4.78, 5) is 0. The number of halogens is 2. The summed E-state index contributed by atoms with van der Waals surface area (Å²) < 4.78 is 19.9. The van der Waals surface area contributed by atoms with Gasteiger partial charge < -0.3 is 10.1 Å². The third-order valence-corrected chi connectivity index (χ3v) is 3.67. The molecule has 1 N–H and O–H groups in total. The number of benzene rings is 1.